The van der Waals surface area contributed by atoms with E-state index in [2.05, 4.69) is 5.32 Å². The Morgan fingerprint density at radius 2 is 1.96 bits per heavy atom. The van der Waals surface area contributed by atoms with E-state index in [0.717, 1.165) is 11.3 Å². The van der Waals surface area contributed by atoms with Crippen molar-refractivity contribution in [2.75, 3.05) is 6.54 Å². The average Bonchev–Trinajstić information content (AvgIpc) is 2.61. The van der Waals surface area contributed by atoms with Crippen LogP contribution in [0.15, 0.2) is 54.6 Å². The molecule has 0 saturated heterocycles. The summed E-state index contributed by atoms with van der Waals surface area (Å²) in [5, 5.41) is 13.5. The first-order valence-electron chi connectivity index (χ1n) is 8.40. The highest BCUT2D eigenvalue weighted by Gasteiger charge is 2.04. The maximum Gasteiger partial charge on any atom is 0.270 e. The fraction of sp³-hybridized carbons (Fsp3) is 0.250. The number of ether oxygens (including phenoxy) is 1. The van der Waals surface area contributed by atoms with E-state index >= 15 is 0 Å². The van der Waals surface area contributed by atoms with Crippen molar-refractivity contribution in [3.05, 3.63) is 75.8 Å². The molecule has 2 aromatic rings. The van der Waals surface area contributed by atoms with Gasteiger partial charge < -0.3 is 10.1 Å². The van der Waals surface area contributed by atoms with Crippen LogP contribution in [-0.2, 0) is 11.2 Å². The third kappa shape index (κ3) is 6.39. The maximum atomic E-state index is 11.8. The van der Waals surface area contributed by atoms with Gasteiger partial charge >= 0.3 is 0 Å². The Balaban J connectivity index is 1.80. The Hall–Kier alpha value is -3.15. The van der Waals surface area contributed by atoms with E-state index in [-0.39, 0.29) is 17.7 Å². The summed E-state index contributed by atoms with van der Waals surface area (Å²) in [7, 11) is 0. The quantitative estimate of drug-likeness (QED) is 0.445. The predicted molar refractivity (Wildman–Crippen MR) is 101 cm³/mol. The minimum atomic E-state index is -0.463. The highest BCUT2D eigenvalue weighted by molar-refractivity contribution is 5.91. The van der Waals surface area contributed by atoms with Crippen molar-refractivity contribution < 1.29 is 14.5 Å². The number of nitrogens with zero attached hydrogens (tertiary/aromatic N) is 1. The molecule has 6 heteroatoms. The number of amides is 1. The molecule has 0 aliphatic rings. The Morgan fingerprint density at radius 1 is 1.23 bits per heavy atom. The standard InChI is InChI=1S/C20H22N2O4/c1-15(2)26-19-9-6-16(7-10-19)12-13-21-20(23)11-8-17-4-3-5-18(14-17)22(24)25/h3-11,14-15H,12-13H2,1-2H3,(H,21,23)/b11-8+. The van der Waals surface area contributed by atoms with Crippen molar-refractivity contribution >= 4 is 17.7 Å². The second-order valence-electron chi connectivity index (χ2n) is 6.04. The molecule has 0 bridgehead atoms. The van der Waals surface area contributed by atoms with Gasteiger partial charge in [-0.1, -0.05) is 24.3 Å². The van der Waals surface area contributed by atoms with Crippen LogP contribution in [0.3, 0.4) is 0 Å². The fourth-order valence-corrected chi connectivity index (χ4v) is 2.31. The molecule has 0 aromatic heterocycles. The molecule has 0 aliphatic carbocycles. The third-order valence-electron chi connectivity index (χ3n) is 3.52. The monoisotopic (exact) mass is 354 g/mol. The molecule has 2 rings (SSSR count). The number of nitro groups is 1. The van der Waals surface area contributed by atoms with Gasteiger partial charge in [-0.2, -0.15) is 0 Å². The number of nitrogens with one attached hydrogen (secondary N) is 1. The Bertz CT molecular complexity index is 783. The highest BCUT2D eigenvalue weighted by atomic mass is 16.6. The van der Waals surface area contributed by atoms with Crippen molar-refractivity contribution in [1.82, 2.24) is 5.32 Å². The normalized spacial score (nSPS) is 10.9. The van der Waals surface area contributed by atoms with Crippen LogP contribution in [0.5, 0.6) is 5.75 Å². The third-order valence-corrected chi connectivity index (χ3v) is 3.52. The lowest BCUT2D eigenvalue weighted by atomic mass is 10.1. The van der Waals surface area contributed by atoms with Crippen LogP contribution < -0.4 is 10.1 Å². The Morgan fingerprint density at radius 3 is 2.62 bits per heavy atom. The van der Waals surface area contributed by atoms with Crippen LogP contribution in [0.25, 0.3) is 6.08 Å². The molecule has 0 atom stereocenters. The zero-order valence-corrected chi connectivity index (χ0v) is 14.8. The van der Waals surface area contributed by atoms with Crippen molar-refractivity contribution in [2.45, 2.75) is 26.4 Å². The number of carbonyl (C=O) groups is 1. The molecular weight excluding hydrogens is 332 g/mol. The summed E-state index contributed by atoms with van der Waals surface area (Å²) < 4.78 is 5.59. The van der Waals surface area contributed by atoms with E-state index in [1.807, 2.05) is 38.1 Å². The van der Waals surface area contributed by atoms with Gasteiger partial charge in [0.2, 0.25) is 5.91 Å². The van der Waals surface area contributed by atoms with Crippen LogP contribution in [0.1, 0.15) is 25.0 Å². The van der Waals surface area contributed by atoms with Gasteiger partial charge in [0.15, 0.2) is 0 Å². The molecule has 0 fully saturated rings. The van der Waals surface area contributed by atoms with Crippen LogP contribution in [0, 0.1) is 10.1 Å². The number of carbonyl (C=O) groups excluding carboxylic acids is 1. The lowest BCUT2D eigenvalue weighted by Gasteiger charge is -2.10. The Labute approximate surface area is 152 Å². The van der Waals surface area contributed by atoms with Crippen LogP contribution in [0.2, 0.25) is 0 Å². The molecule has 6 nitrogen and oxygen atoms in total. The number of hydrogen-bond donors (Lipinski definition) is 1. The highest BCUT2D eigenvalue weighted by Crippen LogP contribution is 2.15. The number of hydrogen-bond acceptors (Lipinski definition) is 4. The molecule has 0 radical (unpaired) electrons. The number of nitro benzene ring substituents is 1. The van der Waals surface area contributed by atoms with Gasteiger partial charge in [-0.25, -0.2) is 0 Å². The van der Waals surface area contributed by atoms with E-state index in [1.54, 1.807) is 18.2 Å². The van der Waals surface area contributed by atoms with E-state index < -0.39 is 4.92 Å². The molecular formula is C20H22N2O4. The first-order chi connectivity index (χ1) is 12.4. The van der Waals surface area contributed by atoms with Crippen molar-refractivity contribution in [1.29, 1.82) is 0 Å². The minimum absolute atomic E-state index is 0.00236. The van der Waals surface area contributed by atoms with Crippen LogP contribution in [0.4, 0.5) is 5.69 Å². The summed E-state index contributed by atoms with van der Waals surface area (Å²) in [6, 6.07) is 13.9. The second-order valence-corrected chi connectivity index (χ2v) is 6.04. The largest absolute Gasteiger partial charge is 0.491 e. The van der Waals surface area contributed by atoms with E-state index in [1.165, 1.54) is 18.2 Å². The molecule has 0 aliphatic heterocycles. The number of benzene rings is 2. The molecule has 2 aromatic carbocycles. The molecule has 0 unspecified atom stereocenters. The van der Waals surface area contributed by atoms with Gasteiger partial charge in [0.1, 0.15) is 5.75 Å². The van der Waals surface area contributed by atoms with Gasteiger partial charge in [0, 0.05) is 24.8 Å². The summed E-state index contributed by atoms with van der Waals surface area (Å²) in [6.07, 6.45) is 3.77. The lowest BCUT2D eigenvalue weighted by molar-refractivity contribution is -0.384. The van der Waals surface area contributed by atoms with Gasteiger partial charge in [-0.05, 0) is 49.6 Å². The maximum absolute atomic E-state index is 11.8. The fourth-order valence-electron chi connectivity index (χ4n) is 2.31. The summed E-state index contributed by atoms with van der Waals surface area (Å²) in [4.78, 5) is 22.1. The summed E-state index contributed by atoms with van der Waals surface area (Å²) in [5.74, 6) is 0.587. The van der Waals surface area contributed by atoms with Gasteiger partial charge in [-0.3, -0.25) is 14.9 Å². The first-order valence-corrected chi connectivity index (χ1v) is 8.40. The van der Waals surface area contributed by atoms with E-state index in [4.69, 9.17) is 4.74 Å². The van der Waals surface area contributed by atoms with Gasteiger partial charge in [-0.15, -0.1) is 0 Å². The lowest BCUT2D eigenvalue weighted by Crippen LogP contribution is -2.23. The summed E-state index contributed by atoms with van der Waals surface area (Å²) in [5.41, 5.74) is 1.71. The molecule has 0 heterocycles. The van der Waals surface area contributed by atoms with Gasteiger partial charge in [0.05, 0.1) is 11.0 Å². The zero-order chi connectivity index (χ0) is 18.9. The topological polar surface area (TPSA) is 81.5 Å². The second kappa shape index (κ2) is 9.36. The molecule has 136 valence electrons. The SMILES string of the molecule is CC(C)Oc1ccc(CCNC(=O)/C=C/c2cccc([N+](=O)[O-])c2)cc1. The van der Waals surface area contributed by atoms with Crippen molar-refractivity contribution in [3.8, 4) is 5.75 Å². The smallest absolute Gasteiger partial charge is 0.270 e. The van der Waals surface area contributed by atoms with Crippen molar-refractivity contribution in [2.24, 2.45) is 0 Å². The van der Waals surface area contributed by atoms with Crippen LogP contribution >= 0.6 is 0 Å². The van der Waals surface area contributed by atoms with Crippen LogP contribution in [-0.4, -0.2) is 23.5 Å². The van der Waals surface area contributed by atoms with Gasteiger partial charge in [0.25, 0.3) is 5.69 Å². The molecule has 26 heavy (non-hydrogen) atoms. The van der Waals surface area contributed by atoms with Crippen molar-refractivity contribution in [3.63, 3.8) is 0 Å². The molecule has 1 amide bonds. The van der Waals surface area contributed by atoms with E-state index in [0.29, 0.717) is 18.5 Å². The van der Waals surface area contributed by atoms with E-state index in [9.17, 15) is 14.9 Å². The Kier molecular flexibility index (Phi) is 6.91. The number of rotatable bonds is 8. The predicted octanol–water partition coefficient (Wildman–Crippen LogP) is 3.75. The molecule has 1 N–H and O–H groups in total. The number of non-ortho nitro benzene ring substituents is 1. The first kappa shape index (κ1) is 19.2. The molecule has 0 saturated carbocycles. The minimum Gasteiger partial charge on any atom is -0.491 e. The average molecular weight is 354 g/mol. The summed E-state index contributed by atoms with van der Waals surface area (Å²) >= 11 is 0. The molecule has 0 spiro atoms. The summed E-state index contributed by atoms with van der Waals surface area (Å²) in [6.45, 7) is 4.46. The zero-order valence-electron chi connectivity index (χ0n) is 14.8.